The number of carbonyl (C=O) groups excluding carboxylic acids is 1. The third kappa shape index (κ3) is 3.83. The van der Waals surface area contributed by atoms with E-state index in [1.165, 1.54) is 7.11 Å². The zero-order chi connectivity index (χ0) is 28.7. The number of carbonyl (C=O) groups is 1. The van der Waals surface area contributed by atoms with Crippen molar-refractivity contribution >= 4 is 5.97 Å². The van der Waals surface area contributed by atoms with Crippen molar-refractivity contribution in [2.45, 2.75) is 107 Å². The highest BCUT2D eigenvalue weighted by Crippen LogP contribution is 2.73. The number of methoxy groups -OCH3 is 1. The van der Waals surface area contributed by atoms with Crippen molar-refractivity contribution in [3.8, 4) is 0 Å². The summed E-state index contributed by atoms with van der Waals surface area (Å²) in [5, 5.41) is 87.1. The van der Waals surface area contributed by atoms with E-state index in [-0.39, 0.29) is 12.3 Å². The van der Waals surface area contributed by atoms with Crippen LogP contribution in [0.1, 0.15) is 52.4 Å². The molecule has 0 unspecified atom stereocenters. The normalized spacial score (nSPS) is 56.9. The molecule has 0 aromatic heterocycles. The fourth-order valence-corrected chi connectivity index (χ4v) is 9.77. The van der Waals surface area contributed by atoms with Gasteiger partial charge in [0.25, 0.3) is 0 Å². The quantitative estimate of drug-likeness (QED) is 0.172. The van der Waals surface area contributed by atoms with Gasteiger partial charge in [-0.2, -0.15) is 0 Å². The lowest BCUT2D eigenvalue weighted by Crippen LogP contribution is -2.71. The van der Waals surface area contributed by atoms with Crippen LogP contribution in [0.2, 0.25) is 0 Å². The van der Waals surface area contributed by atoms with Gasteiger partial charge in [-0.25, -0.2) is 0 Å². The first kappa shape index (κ1) is 29.6. The van der Waals surface area contributed by atoms with Crippen molar-refractivity contribution in [1.29, 1.82) is 0 Å². The van der Waals surface area contributed by atoms with Gasteiger partial charge in [0.1, 0.15) is 30.0 Å². The third-order valence-electron chi connectivity index (χ3n) is 11.5. The van der Waals surface area contributed by atoms with Gasteiger partial charge in [0, 0.05) is 11.3 Å². The van der Waals surface area contributed by atoms with E-state index in [1.807, 2.05) is 6.92 Å². The molecule has 0 aromatic carbocycles. The topological polar surface area (TPSA) is 207 Å². The van der Waals surface area contributed by atoms with Crippen LogP contribution in [0, 0.1) is 34.0 Å². The second-order valence-corrected chi connectivity index (χ2v) is 13.2. The molecule has 12 nitrogen and oxygen atoms in total. The minimum Gasteiger partial charge on any atom is -0.469 e. The molecule has 2 bridgehead atoms. The van der Waals surface area contributed by atoms with Crippen molar-refractivity contribution in [1.82, 2.24) is 0 Å². The molecular weight excluding hydrogens is 516 g/mol. The molecule has 0 amide bonds. The van der Waals surface area contributed by atoms with Crippen molar-refractivity contribution < 1.29 is 59.9 Å². The molecule has 224 valence electrons. The van der Waals surface area contributed by atoms with E-state index in [9.17, 15) is 45.6 Å². The Morgan fingerprint density at radius 1 is 0.974 bits per heavy atom. The highest BCUT2D eigenvalue weighted by molar-refractivity contribution is 5.77. The Labute approximate surface area is 227 Å². The van der Waals surface area contributed by atoms with E-state index >= 15 is 0 Å². The van der Waals surface area contributed by atoms with Gasteiger partial charge in [-0.3, -0.25) is 4.79 Å². The summed E-state index contributed by atoms with van der Waals surface area (Å²) in [6, 6.07) is 0. The van der Waals surface area contributed by atoms with Crippen LogP contribution in [0.4, 0.5) is 0 Å². The smallest absolute Gasteiger partial charge is 0.311 e. The number of ether oxygens (including phenoxy) is 3. The van der Waals surface area contributed by atoms with Gasteiger partial charge < -0.3 is 55.1 Å². The van der Waals surface area contributed by atoms with Gasteiger partial charge in [-0.05, 0) is 56.3 Å². The molecule has 1 saturated heterocycles. The van der Waals surface area contributed by atoms with Gasteiger partial charge in [0.2, 0.25) is 0 Å². The van der Waals surface area contributed by atoms with Crippen LogP contribution in [0.15, 0.2) is 0 Å². The maximum atomic E-state index is 13.0. The van der Waals surface area contributed by atoms with Crippen LogP contribution in [0.5, 0.6) is 0 Å². The van der Waals surface area contributed by atoms with E-state index in [2.05, 4.69) is 0 Å². The second-order valence-electron chi connectivity index (χ2n) is 13.2. The lowest BCUT2D eigenvalue weighted by Gasteiger charge is -2.66. The zero-order valence-corrected chi connectivity index (χ0v) is 22.7. The molecule has 4 aliphatic carbocycles. The Bertz CT molecular complexity index is 948. The molecule has 5 rings (SSSR count). The molecule has 15 atom stereocenters. The van der Waals surface area contributed by atoms with E-state index in [1.54, 1.807) is 6.92 Å². The van der Waals surface area contributed by atoms with Crippen LogP contribution in [-0.2, 0) is 19.0 Å². The average molecular weight is 561 g/mol. The molecular formula is C27H44O12. The molecule has 0 aromatic rings. The number of esters is 1. The number of aliphatic hydroxyl groups excluding tert-OH is 7. The molecule has 12 heteroatoms. The van der Waals surface area contributed by atoms with E-state index < -0.39 is 102 Å². The van der Waals surface area contributed by atoms with Crippen molar-refractivity contribution in [3.63, 3.8) is 0 Å². The van der Waals surface area contributed by atoms with Crippen LogP contribution >= 0.6 is 0 Å². The number of hydrogen-bond donors (Lipinski definition) is 8. The first-order valence-electron chi connectivity index (χ1n) is 14.0. The highest BCUT2D eigenvalue weighted by atomic mass is 16.7. The Morgan fingerprint density at radius 2 is 1.67 bits per heavy atom. The van der Waals surface area contributed by atoms with Gasteiger partial charge >= 0.3 is 5.97 Å². The summed E-state index contributed by atoms with van der Waals surface area (Å²) in [5.74, 6) is -1.87. The summed E-state index contributed by atoms with van der Waals surface area (Å²) >= 11 is 0. The highest BCUT2D eigenvalue weighted by Gasteiger charge is 2.77. The van der Waals surface area contributed by atoms with E-state index in [0.29, 0.717) is 32.1 Å². The van der Waals surface area contributed by atoms with Crippen molar-refractivity contribution in [2.75, 3.05) is 20.3 Å². The Balaban J connectivity index is 1.44. The van der Waals surface area contributed by atoms with Gasteiger partial charge in [0.05, 0.1) is 44.1 Å². The van der Waals surface area contributed by atoms with E-state index in [0.717, 1.165) is 0 Å². The van der Waals surface area contributed by atoms with Gasteiger partial charge in [-0.15, -0.1) is 0 Å². The molecule has 1 aliphatic heterocycles. The minimum absolute atomic E-state index is 0.225. The first-order chi connectivity index (χ1) is 18.2. The van der Waals surface area contributed by atoms with Crippen LogP contribution in [0.25, 0.3) is 0 Å². The van der Waals surface area contributed by atoms with Gasteiger partial charge in [0.15, 0.2) is 6.29 Å². The van der Waals surface area contributed by atoms with Crippen LogP contribution in [0.3, 0.4) is 0 Å². The number of rotatable bonds is 5. The minimum atomic E-state index is -1.88. The summed E-state index contributed by atoms with van der Waals surface area (Å²) in [7, 11) is 1.31. The molecule has 1 heterocycles. The molecule has 39 heavy (non-hydrogen) atoms. The SMILES string of the molecule is COC(=O)[C@]1(C)CCC[C@@]2(C)[C@@H]3CC[C@@H]4C[C@@]3([C@@H](O)[C@@H](O)[C@@H]21)[C@@H](O)[C@]4(O)CO[C@@H]1O[C@H](CO)[C@@H](O)[C@H](O)[C@H]1O. The summed E-state index contributed by atoms with van der Waals surface area (Å²) < 4.78 is 16.2. The van der Waals surface area contributed by atoms with Gasteiger partial charge in [-0.1, -0.05) is 13.3 Å². The zero-order valence-electron chi connectivity index (χ0n) is 22.7. The molecule has 8 N–H and O–H groups in total. The Kier molecular flexibility index (Phi) is 7.45. The molecule has 5 fully saturated rings. The maximum Gasteiger partial charge on any atom is 0.311 e. The number of fused-ring (bicyclic) bond motifs is 3. The Hall–Kier alpha value is -0.930. The van der Waals surface area contributed by atoms with E-state index in [4.69, 9.17) is 14.2 Å². The molecule has 5 aliphatic rings. The molecule has 1 spiro atoms. The monoisotopic (exact) mass is 560 g/mol. The number of aliphatic hydroxyl groups is 8. The van der Waals surface area contributed by atoms with Crippen LogP contribution < -0.4 is 0 Å². The first-order valence-corrected chi connectivity index (χ1v) is 14.0. The lowest BCUT2D eigenvalue weighted by molar-refractivity contribution is -0.315. The lowest BCUT2D eigenvalue weighted by atomic mass is 9.39. The van der Waals surface area contributed by atoms with Crippen molar-refractivity contribution in [3.05, 3.63) is 0 Å². The fraction of sp³-hybridized carbons (Fsp3) is 0.963. The van der Waals surface area contributed by atoms with Crippen LogP contribution in [-0.4, -0.2) is 122 Å². The largest absolute Gasteiger partial charge is 0.469 e. The second kappa shape index (κ2) is 9.82. The third-order valence-corrected chi connectivity index (χ3v) is 11.5. The predicted octanol–water partition coefficient (Wildman–Crippen LogP) is -1.97. The molecule has 4 saturated carbocycles. The number of hydrogen-bond acceptors (Lipinski definition) is 12. The molecule has 0 radical (unpaired) electrons. The summed E-state index contributed by atoms with van der Waals surface area (Å²) in [4.78, 5) is 13.0. The maximum absolute atomic E-state index is 13.0. The summed E-state index contributed by atoms with van der Waals surface area (Å²) in [5.41, 5.74) is -4.80. The standard InChI is InChI=1S/C27H44O12/c1-24-7-4-8-25(2,23(35)37-3)19(24)18(32)20(33)26-9-12(5-6-14(24)26)27(36,22(26)34)11-38-21-17(31)16(30)15(29)13(10-28)39-21/h12-22,28-34,36H,4-11H2,1-3H3/t12-,13-,14+,15-,16+,17-,18+,19+,20+,21-,22-,24+,25-,26-,27+/m1/s1. The predicted molar refractivity (Wildman–Crippen MR) is 132 cm³/mol. The average Bonchev–Trinajstić information content (AvgIpc) is 3.08. The fourth-order valence-electron chi connectivity index (χ4n) is 9.77. The summed E-state index contributed by atoms with van der Waals surface area (Å²) in [6.45, 7) is 2.63. The Morgan fingerprint density at radius 3 is 2.31 bits per heavy atom. The van der Waals surface area contributed by atoms with Crippen molar-refractivity contribution in [2.24, 2.45) is 34.0 Å². The summed E-state index contributed by atoms with van der Waals surface area (Å²) in [6.07, 6.45) is -8.71.